The van der Waals surface area contributed by atoms with Crippen molar-refractivity contribution in [1.82, 2.24) is 4.90 Å². The molecule has 2 aromatic rings. The van der Waals surface area contributed by atoms with Crippen molar-refractivity contribution < 1.29 is 24.2 Å². The topological polar surface area (TPSA) is 79.3 Å². The zero-order valence-corrected chi connectivity index (χ0v) is 16.3. The van der Waals surface area contributed by atoms with Crippen molar-refractivity contribution in [3.05, 3.63) is 84.1 Å². The van der Waals surface area contributed by atoms with Gasteiger partial charge in [-0.1, -0.05) is 48.5 Å². The summed E-state index contributed by atoms with van der Waals surface area (Å²) in [5.41, 5.74) is 3.60. The van der Waals surface area contributed by atoms with E-state index in [0.29, 0.717) is 18.8 Å². The van der Waals surface area contributed by atoms with Crippen LogP contribution in [0.15, 0.2) is 72.9 Å². The molecule has 1 fully saturated rings. The Balaban J connectivity index is 1.34. The van der Waals surface area contributed by atoms with E-state index in [1.807, 2.05) is 66.7 Å². The average Bonchev–Trinajstić information content (AvgIpc) is 3.19. The molecule has 2 heterocycles. The van der Waals surface area contributed by atoms with Crippen molar-refractivity contribution in [3.8, 4) is 0 Å². The molecule has 2 aliphatic heterocycles. The molecule has 4 rings (SSSR count). The molecule has 1 N–H and O–H groups in total. The van der Waals surface area contributed by atoms with E-state index in [0.717, 1.165) is 16.7 Å². The van der Waals surface area contributed by atoms with Crippen LogP contribution in [0, 0.1) is 0 Å². The number of ether oxygens (including phenoxy) is 2. The highest BCUT2D eigenvalue weighted by molar-refractivity contribution is 5.90. The zero-order chi connectivity index (χ0) is 20.9. The third-order valence-corrected chi connectivity index (χ3v) is 4.97. The first-order chi connectivity index (χ1) is 14.6. The highest BCUT2D eigenvalue weighted by atomic mass is 16.6. The lowest BCUT2D eigenvalue weighted by Gasteiger charge is -2.21. The van der Waals surface area contributed by atoms with E-state index in [9.17, 15) is 9.59 Å². The second-order valence-electron chi connectivity index (χ2n) is 7.01. The van der Waals surface area contributed by atoms with Gasteiger partial charge in [-0.3, -0.25) is 9.80 Å². The van der Waals surface area contributed by atoms with E-state index in [2.05, 4.69) is 0 Å². The largest absolute Gasteiger partial charge is 0.444 e. The van der Waals surface area contributed by atoms with Gasteiger partial charge in [0, 0.05) is 18.4 Å². The summed E-state index contributed by atoms with van der Waals surface area (Å²) in [6.45, 7) is 0.787. The summed E-state index contributed by atoms with van der Waals surface area (Å²) >= 11 is 0. The predicted octanol–water partition coefficient (Wildman–Crippen LogP) is 3.55. The minimum atomic E-state index is -0.492. The molecule has 0 aliphatic carbocycles. The molecule has 0 bridgehead atoms. The Bertz CT molecular complexity index is 969. The Kier molecular flexibility index (Phi) is 5.81. The summed E-state index contributed by atoms with van der Waals surface area (Å²) in [6, 6.07) is 17.0. The molecule has 2 amide bonds. The summed E-state index contributed by atoms with van der Waals surface area (Å²) in [5, 5.41) is 9.16. The third-order valence-electron chi connectivity index (χ3n) is 4.97. The normalized spacial score (nSPS) is 18.2. The number of aliphatic hydroxyl groups excluding tert-OH is 1. The Hall–Kier alpha value is -3.58. The van der Waals surface area contributed by atoms with Crippen molar-refractivity contribution in [3.63, 3.8) is 0 Å². The van der Waals surface area contributed by atoms with Crippen LogP contribution in [0.5, 0.6) is 0 Å². The maximum atomic E-state index is 12.2. The number of allylic oxidation sites excluding steroid dienone is 2. The fourth-order valence-corrected chi connectivity index (χ4v) is 3.31. The highest BCUT2D eigenvalue weighted by Crippen LogP contribution is 2.26. The Morgan fingerprint density at radius 1 is 1.13 bits per heavy atom. The van der Waals surface area contributed by atoms with Gasteiger partial charge in [0.05, 0.1) is 13.2 Å². The van der Waals surface area contributed by atoms with Gasteiger partial charge in [0.15, 0.2) is 0 Å². The third kappa shape index (κ3) is 4.36. The highest BCUT2D eigenvalue weighted by Gasteiger charge is 2.31. The molecule has 1 unspecified atom stereocenters. The number of anilines is 1. The quantitative estimate of drug-likeness (QED) is 0.822. The number of carbonyl (C=O) groups is 2. The molecule has 154 valence electrons. The number of amides is 2. The molecule has 30 heavy (non-hydrogen) atoms. The average molecular weight is 406 g/mol. The minimum absolute atomic E-state index is 0.192. The van der Waals surface area contributed by atoms with Gasteiger partial charge >= 0.3 is 12.2 Å². The van der Waals surface area contributed by atoms with Gasteiger partial charge in [-0.2, -0.15) is 0 Å². The molecule has 0 aromatic heterocycles. The summed E-state index contributed by atoms with van der Waals surface area (Å²) in [7, 11) is 0. The van der Waals surface area contributed by atoms with Gasteiger partial charge < -0.3 is 14.6 Å². The van der Waals surface area contributed by atoms with Crippen LogP contribution >= 0.6 is 0 Å². The minimum Gasteiger partial charge on any atom is -0.444 e. The first-order valence-electron chi connectivity index (χ1n) is 9.69. The van der Waals surface area contributed by atoms with Crippen molar-refractivity contribution in [2.75, 3.05) is 24.6 Å². The van der Waals surface area contributed by atoms with Gasteiger partial charge in [-0.25, -0.2) is 9.59 Å². The molecule has 2 aromatic carbocycles. The standard InChI is InChI=1S/C23H22N2O5/c26-15-21-14-25(23(28)30-21)20-8-6-18(7-9-20)19-10-12-24(13-11-19)22(27)29-16-17-4-2-1-3-5-17/h1-12,21,26H,13-16H2. The number of benzene rings is 2. The number of hydrogen-bond acceptors (Lipinski definition) is 5. The summed E-state index contributed by atoms with van der Waals surface area (Å²) in [6.07, 6.45) is 4.17. The number of aliphatic hydroxyl groups is 1. The van der Waals surface area contributed by atoms with E-state index in [-0.39, 0.29) is 13.2 Å². The van der Waals surface area contributed by atoms with Gasteiger partial charge in [-0.05, 0) is 34.9 Å². The zero-order valence-electron chi connectivity index (χ0n) is 16.3. The second kappa shape index (κ2) is 8.84. The number of carbonyl (C=O) groups excluding carboxylic acids is 2. The summed E-state index contributed by atoms with van der Waals surface area (Å²) in [5.74, 6) is 0. The molecule has 0 saturated carbocycles. The van der Waals surface area contributed by atoms with E-state index < -0.39 is 18.3 Å². The lowest BCUT2D eigenvalue weighted by atomic mass is 10.0. The molecule has 0 radical (unpaired) electrons. The Morgan fingerprint density at radius 2 is 1.90 bits per heavy atom. The summed E-state index contributed by atoms with van der Waals surface area (Å²) in [4.78, 5) is 27.1. The molecule has 0 spiro atoms. The first-order valence-corrected chi connectivity index (χ1v) is 9.69. The summed E-state index contributed by atoms with van der Waals surface area (Å²) < 4.78 is 10.4. The van der Waals surface area contributed by atoms with Crippen LogP contribution in [-0.4, -0.2) is 48.0 Å². The lowest BCUT2D eigenvalue weighted by Crippen LogP contribution is -2.28. The van der Waals surface area contributed by atoms with Crippen LogP contribution in [0.3, 0.4) is 0 Å². The van der Waals surface area contributed by atoms with Crippen LogP contribution in [0.2, 0.25) is 0 Å². The molecule has 7 nitrogen and oxygen atoms in total. The molecular weight excluding hydrogens is 384 g/mol. The first kappa shape index (κ1) is 19.7. The van der Waals surface area contributed by atoms with Crippen LogP contribution < -0.4 is 4.90 Å². The van der Waals surface area contributed by atoms with Gasteiger partial charge in [0.1, 0.15) is 12.7 Å². The molecule has 7 heteroatoms. The maximum absolute atomic E-state index is 12.2. The van der Waals surface area contributed by atoms with Crippen LogP contribution in [-0.2, 0) is 16.1 Å². The molecular formula is C23H22N2O5. The van der Waals surface area contributed by atoms with E-state index >= 15 is 0 Å². The fraction of sp³-hybridized carbons (Fsp3) is 0.217. The van der Waals surface area contributed by atoms with Crippen molar-refractivity contribution >= 4 is 23.4 Å². The van der Waals surface area contributed by atoms with Gasteiger partial charge in [0.2, 0.25) is 0 Å². The van der Waals surface area contributed by atoms with E-state index in [1.54, 1.807) is 6.20 Å². The van der Waals surface area contributed by atoms with Crippen LogP contribution in [0.25, 0.3) is 5.57 Å². The Morgan fingerprint density at radius 3 is 2.53 bits per heavy atom. The SMILES string of the molecule is O=C(OCc1ccccc1)N1C=CC(c2ccc(N3CC(CO)OC3=O)cc2)=CC1. The van der Waals surface area contributed by atoms with E-state index in [4.69, 9.17) is 14.6 Å². The van der Waals surface area contributed by atoms with E-state index in [1.165, 1.54) is 9.80 Å². The maximum Gasteiger partial charge on any atom is 0.414 e. The predicted molar refractivity (Wildman–Crippen MR) is 112 cm³/mol. The Labute approximate surface area is 174 Å². The number of nitrogens with zero attached hydrogens (tertiary/aromatic N) is 2. The van der Waals surface area contributed by atoms with Crippen LogP contribution in [0.1, 0.15) is 11.1 Å². The number of cyclic esters (lactones) is 1. The van der Waals surface area contributed by atoms with Crippen molar-refractivity contribution in [2.24, 2.45) is 0 Å². The van der Waals surface area contributed by atoms with Gasteiger partial charge in [0.25, 0.3) is 0 Å². The second-order valence-corrected chi connectivity index (χ2v) is 7.01. The lowest BCUT2D eigenvalue weighted by molar-refractivity contribution is 0.0963. The molecule has 1 saturated heterocycles. The molecule has 2 aliphatic rings. The van der Waals surface area contributed by atoms with Crippen LogP contribution in [0.4, 0.5) is 15.3 Å². The van der Waals surface area contributed by atoms with Crippen molar-refractivity contribution in [2.45, 2.75) is 12.7 Å². The molecule has 1 atom stereocenters. The number of rotatable bonds is 5. The smallest absolute Gasteiger partial charge is 0.414 e. The fourth-order valence-electron chi connectivity index (χ4n) is 3.31. The van der Waals surface area contributed by atoms with Crippen molar-refractivity contribution in [1.29, 1.82) is 0 Å². The monoisotopic (exact) mass is 406 g/mol. The number of hydrogen-bond donors (Lipinski definition) is 1. The van der Waals surface area contributed by atoms with Gasteiger partial charge in [-0.15, -0.1) is 0 Å².